The van der Waals surface area contributed by atoms with E-state index in [9.17, 15) is 9.59 Å². The Labute approximate surface area is 107 Å². The highest BCUT2D eigenvalue weighted by molar-refractivity contribution is 5.67. The van der Waals surface area contributed by atoms with E-state index in [0.29, 0.717) is 26.1 Å². The first kappa shape index (κ1) is 14.8. The normalized spacial score (nSPS) is 16.6. The van der Waals surface area contributed by atoms with Crippen LogP contribution < -0.4 is 0 Å². The Bertz CT molecular complexity index is 275. The van der Waals surface area contributed by atoms with Gasteiger partial charge < -0.3 is 14.7 Å². The van der Waals surface area contributed by atoms with Crippen LogP contribution >= 0.6 is 0 Å². The van der Waals surface area contributed by atoms with Gasteiger partial charge in [-0.15, -0.1) is 0 Å². The predicted molar refractivity (Wildman–Crippen MR) is 66.5 cm³/mol. The van der Waals surface area contributed by atoms with Gasteiger partial charge in [0.05, 0.1) is 6.61 Å². The number of hydrogen-bond donors (Lipinski definition) is 1. The molecule has 0 radical (unpaired) electrons. The summed E-state index contributed by atoms with van der Waals surface area (Å²) in [5.74, 6) is -0.734. The second-order valence-corrected chi connectivity index (χ2v) is 4.38. The van der Waals surface area contributed by atoms with Gasteiger partial charge in [-0.25, -0.2) is 4.79 Å². The first-order valence-corrected chi connectivity index (χ1v) is 6.49. The molecule has 0 aliphatic carbocycles. The van der Waals surface area contributed by atoms with Gasteiger partial charge in [-0.1, -0.05) is 0 Å². The second-order valence-electron chi connectivity index (χ2n) is 4.38. The van der Waals surface area contributed by atoms with Crippen LogP contribution in [-0.2, 0) is 9.53 Å². The number of carbonyl (C=O) groups is 2. The molecular formula is C12H22N2O4. The van der Waals surface area contributed by atoms with Crippen molar-refractivity contribution < 1.29 is 19.4 Å². The van der Waals surface area contributed by atoms with Gasteiger partial charge in [0, 0.05) is 32.6 Å². The molecule has 0 bridgehead atoms. The molecule has 1 heterocycles. The fourth-order valence-corrected chi connectivity index (χ4v) is 1.98. The third-order valence-electron chi connectivity index (χ3n) is 3.01. The van der Waals surface area contributed by atoms with E-state index in [0.717, 1.165) is 26.1 Å². The molecule has 0 aromatic rings. The number of unbranched alkanes of at least 4 members (excludes halogenated alkanes) is 1. The second kappa shape index (κ2) is 7.92. The minimum Gasteiger partial charge on any atom is -0.481 e. The van der Waals surface area contributed by atoms with Crippen LogP contribution in [0.25, 0.3) is 0 Å². The third-order valence-corrected chi connectivity index (χ3v) is 3.01. The molecule has 0 saturated carbocycles. The zero-order valence-corrected chi connectivity index (χ0v) is 10.9. The van der Waals surface area contributed by atoms with Crippen molar-refractivity contribution in [3.63, 3.8) is 0 Å². The van der Waals surface area contributed by atoms with E-state index in [1.807, 2.05) is 0 Å². The van der Waals surface area contributed by atoms with E-state index >= 15 is 0 Å². The molecule has 0 unspecified atom stereocenters. The average molecular weight is 258 g/mol. The quantitative estimate of drug-likeness (QED) is 0.720. The van der Waals surface area contributed by atoms with Crippen LogP contribution in [0.4, 0.5) is 4.79 Å². The molecule has 104 valence electrons. The summed E-state index contributed by atoms with van der Waals surface area (Å²) in [7, 11) is 0. The smallest absolute Gasteiger partial charge is 0.409 e. The maximum absolute atomic E-state index is 11.5. The van der Waals surface area contributed by atoms with Crippen LogP contribution in [0.15, 0.2) is 0 Å². The monoisotopic (exact) mass is 258 g/mol. The largest absolute Gasteiger partial charge is 0.481 e. The summed E-state index contributed by atoms with van der Waals surface area (Å²) in [6, 6.07) is 0. The highest BCUT2D eigenvalue weighted by Gasteiger charge is 2.21. The van der Waals surface area contributed by atoms with Gasteiger partial charge in [-0.3, -0.25) is 9.69 Å². The minimum absolute atomic E-state index is 0.233. The number of carboxylic acids is 1. The molecule has 18 heavy (non-hydrogen) atoms. The summed E-state index contributed by atoms with van der Waals surface area (Å²) in [6.07, 6.45) is 1.62. The van der Waals surface area contributed by atoms with E-state index in [-0.39, 0.29) is 12.5 Å². The average Bonchev–Trinajstić information content (AvgIpc) is 2.35. The van der Waals surface area contributed by atoms with E-state index in [1.165, 1.54) is 0 Å². The lowest BCUT2D eigenvalue weighted by atomic mass is 10.2. The summed E-state index contributed by atoms with van der Waals surface area (Å²) in [4.78, 5) is 25.8. The lowest BCUT2D eigenvalue weighted by Gasteiger charge is -2.33. The van der Waals surface area contributed by atoms with Crippen molar-refractivity contribution in [1.29, 1.82) is 0 Å². The summed E-state index contributed by atoms with van der Waals surface area (Å²) < 4.78 is 4.94. The number of piperazine rings is 1. The SMILES string of the molecule is CCOC(=O)N1CCN(CCCCC(=O)O)CC1. The molecule has 1 amide bonds. The Morgan fingerprint density at radius 1 is 1.17 bits per heavy atom. The third kappa shape index (κ3) is 5.35. The number of rotatable bonds is 6. The van der Waals surface area contributed by atoms with E-state index < -0.39 is 5.97 Å². The number of nitrogens with zero attached hydrogens (tertiary/aromatic N) is 2. The molecule has 1 fully saturated rings. The van der Waals surface area contributed by atoms with Crippen molar-refractivity contribution >= 4 is 12.1 Å². The fraction of sp³-hybridized carbons (Fsp3) is 0.833. The van der Waals surface area contributed by atoms with Gasteiger partial charge in [0.1, 0.15) is 0 Å². The van der Waals surface area contributed by atoms with E-state index in [4.69, 9.17) is 9.84 Å². The van der Waals surface area contributed by atoms with Crippen molar-refractivity contribution in [2.24, 2.45) is 0 Å². The number of carbonyl (C=O) groups excluding carboxylic acids is 1. The molecule has 1 aliphatic heterocycles. The van der Waals surface area contributed by atoms with Crippen molar-refractivity contribution in [3.8, 4) is 0 Å². The maximum atomic E-state index is 11.5. The van der Waals surface area contributed by atoms with Crippen LogP contribution in [0.3, 0.4) is 0 Å². The molecule has 0 atom stereocenters. The van der Waals surface area contributed by atoms with Gasteiger partial charge in [0.25, 0.3) is 0 Å². The first-order valence-electron chi connectivity index (χ1n) is 6.49. The highest BCUT2D eigenvalue weighted by Crippen LogP contribution is 2.06. The standard InChI is InChI=1S/C12H22N2O4/c1-2-18-12(17)14-9-7-13(8-10-14)6-4-3-5-11(15)16/h2-10H2,1H3,(H,15,16). The molecule has 1 rings (SSSR count). The van der Waals surface area contributed by atoms with Gasteiger partial charge in [-0.05, 0) is 26.3 Å². The number of carboxylic acid groups (broad SMARTS) is 1. The fourth-order valence-electron chi connectivity index (χ4n) is 1.98. The summed E-state index contributed by atoms with van der Waals surface area (Å²) in [5.41, 5.74) is 0. The first-order chi connectivity index (χ1) is 8.63. The van der Waals surface area contributed by atoms with Gasteiger partial charge in [-0.2, -0.15) is 0 Å². The van der Waals surface area contributed by atoms with Crippen LogP contribution in [-0.4, -0.2) is 66.3 Å². The number of ether oxygens (including phenoxy) is 1. The molecule has 0 aromatic carbocycles. The van der Waals surface area contributed by atoms with Gasteiger partial charge >= 0.3 is 12.1 Å². The van der Waals surface area contributed by atoms with Gasteiger partial charge in [0.15, 0.2) is 0 Å². The minimum atomic E-state index is -0.734. The van der Waals surface area contributed by atoms with Crippen LogP contribution in [0.5, 0.6) is 0 Å². The molecule has 1 N–H and O–H groups in total. The van der Waals surface area contributed by atoms with Crippen LogP contribution in [0, 0.1) is 0 Å². The van der Waals surface area contributed by atoms with Crippen molar-refractivity contribution in [2.75, 3.05) is 39.3 Å². The number of hydrogen-bond acceptors (Lipinski definition) is 4. The predicted octanol–water partition coefficient (Wildman–Crippen LogP) is 1.02. The maximum Gasteiger partial charge on any atom is 0.409 e. The van der Waals surface area contributed by atoms with Crippen molar-refractivity contribution in [1.82, 2.24) is 9.80 Å². The van der Waals surface area contributed by atoms with E-state index in [2.05, 4.69) is 4.90 Å². The highest BCUT2D eigenvalue weighted by atomic mass is 16.6. The molecule has 0 spiro atoms. The van der Waals surface area contributed by atoms with Crippen LogP contribution in [0.1, 0.15) is 26.2 Å². The van der Waals surface area contributed by atoms with E-state index in [1.54, 1.807) is 11.8 Å². The van der Waals surface area contributed by atoms with Crippen molar-refractivity contribution in [2.45, 2.75) is 26.2 Å². The van der Waals surface area contributed by atoms with Crippen molar-refractivity contribution in [3.05, 3.63) is 0 Å². The summed E-state index contributed by atoms with van der Waals surface area (Å²) in [5, 5.41) is 8.53. The van der Waals surface area contributed by atoms with Crippen LogP contribution in [0.2, 0.25) is 0 Å². The Kier molecular flexibility index (Phi) is 6.49. The molecule has 0 aromatic heterocycles. The molecule has 1 aliphatic rings. The number of amides is 1. The Morgan fingerprint density at radius 3 is 2.39 bits per heavy atom. The Morgan fingerprint density at radius 2 is 1.83 bits per heavy atom. The molecule has 6 nitrogen and oxygen atoms in total. The zero-order chi connectivity index (χ0) is 13.4. The number of aliphatic carboxylic acids is 1. The van der Waals surface area contributed by atoms with Gasteiger partial charge in [0.2, 0.25) is 0 Å². The molecule has 1 saturated heterocycles. The Balaban J connectivity index is 2.11. The summed E-state index contributed by atoms with van der Waals surface area (Å²) in [6.45, 7) is 6.18. The summed E-state index contributed by atoms with van der Waals surface area (Å²) >= 11 is 0. The Hall–Kier alpha value is -1.30. The lowest BCUT2D eigenvalue weighted by molar-refractivity contribution is -0.137. The lowest BCUT2D eigenvalue weighted by Crippen LogP contribution is -2.49. The zero-order valence-electron chi connectivity index (χ0n) is 10.9. The molecular weight excluding hydrogens is 236 g/mol. The molecule has 6 heteroatoms. The topological polar surface area (TPSA) is 70.1 Å².